The van der Waals surface area contributed by atoms with Crippen molar-refractivity contribution in [2.24, 2.45) is 5.73 Å². The van der Waals surface area contributed by atoms with Crippen LogP contribution in [0.15, 0.2) is 30.4 Å². The fraction of sp³-hybridized carbons (Fsp3) is 0.333. The zero-order valence-electron chi connectivity index (χ0n) is 8.68. The van der Waals surface area contributed by atoms with Gasteiger partial charge in [-0.15, -0.1) is 6.58 Å². The summed E-state index contributed by atoms with van der Waals surface area (Å²) in [6, 6.07) is 5.02. The molecule has 0 amide bonds. The Morgan fingerprint density at radius 1 is 1.57 bits per heavy atom. The van der Waals surface area contributed by atoms with Crippen molar-refractivity contribution >= 4 is 0 Å². The van der Waals surface area contributed by atoms with Gasteiger partial charge in [0, 0.05) is 11.6 Å². The molecule has 0 aliphatic carbocycles. The van der Waals surface area contributed by atoms with Gasteiger partial charge < -0.3 is 5.73 Å². The van der Waals surface area contributed by atoms with Crippen LogP contribution in [0.2, 0.25) is 0 Å². The van der Waals surface area contributed by atoms with Crippen LogP contribution in [0.1, 0.15) is 30.5 Å². The Bertz CT molecular complexity index is 344. The van der Waals surface area contributed by atoms with Crippen molar-refractivity contribution in [1.82, 2.24) is 0 Å². The van der Waals surface area contributed by atoms with Crippen molar-refractivity contribution in [2.45, 2.75) is 26.3 Å². The predicted molar refractivity (Wildman–Crippen MR) is 57.5 cm³/mol. The third-order valence-electron chi connectivity index (χ3n) is 2.19. The zero-order chi connectivity index (χ0) is 10.7. The number of aryl methyl sites for hydroxylation is 1. The highest BCUT2D eigenvalue weighted by Crippen LogP contribution is 2.22. The van der Waals surface area contributed by atoms with Crippen LogP contribution in [0.4, 0.5) is 4.39 Å². The fourth-order valence-corrected chi connectivity index (χ4v) is 1.44. The van der Waals surface area contributed by atoms with Crippen LogP contribution in [0.25, 0.3) is 0 Å². The van der Waals surface area contributed by atoms with Crippen LogP contribution >= 0.6 is 0 Å². The van der Waals surface area contributed by atoms with Gasteiger partial charge in [-0.3, -0.25) is 0 Å². The van der Waals surface area contributed by atoms with E-state index in [4.69, 9.17) is 5.73 Å². The molecule has 76 valence electrons. The number of hydrogen-bond acceptors (Lipinski definition) is 1. The summed E-state index contributed by atoms with van der Waals surface area (Å²) in [6.07, 6.45) is 0.625. The van der Waals surface area contributed by atoms with E-state index in [2.05, 4.69) is 6.58 Å². The molecular weight excluding hydrogens is 177 g/mol. The third kappa shape index (κ3) is 2.42. The summed E-state index contributed by atoms with van der Waals surface area (Å²) < 4.78 is 13.6. The first kappa shape index (κ1) is 10.9. The van der Waals surface area contributed by atoms with E-state index in [1.54, 1.807) is 19.1 Å². The van der Waals surface area contributed by atoms with Gasteiger partial charge in [-0.05, 0) is 25.8 Å². The Kier molecular flexibility index (Phi) is 3.42. The number of nitrogens with two attached hydrogens (primary N) is 1. The lowest BCUT2D eigenvalue weighted by atomic mass is 9.99. The van der Waals surface area contributed by atoms with E-state index in [1.165, 1.54) is 0 Å². The van der Waals surface area contributed by atoms with E-state index >= 15 is 0 Å². The zero-order valence-corrected chi connectivity index (χ0v) is 8.68. The van der Waals surface area contributed by atoms with Crippen molar-refractivity contribution in [3.63, 3.8) is 0 Å². The Balaban J connectivity index is 2.95. The van der Waals surface area contributed by atoms with Gasteiger partial charge >= 0.3 is 0 Å². The summed E-state index contributed by atoms with van der Waals surface area (Å²) >= 11 is 0. The average Bonchev–Trinajstić information content (AvgIpc) is 2.08. The molecule has 2 heteroatoms. The molecule has 0 aromatic heterocycles. The van der Waals surface area contributed by atoms with Crippen molar-refractivity contribution in [2.75, 3.05) is 0 Å². The highest BCUT2D eigenvalue weighted by molar-refractivity contribution is 5.28. The van der Waals surface area contributed by atoms with Crippen molar-refractivity contribution in [3.05, 3.63) is 47.3 Å². The Morgan fingerprint density at radius 3 is 2.79 bits per heavy atom. The Labute approximate surface area is 84.4 Å². The van der Waals surface area contributed by atoms with Crippen LogP contribution in [0.3, 0.4) is 0 Å². The van der Waals surface area contributed by atoms with Crippen molar-refractivity contribution in [1.29, 1.82) is 0 Å². The van der Waals surface area contributed by atoms with E-state index < -0.39 is 0 Å². The maximum absolute atomic E-state index is 13.6. The molecule has 0 aliphatic rings. The second-order valence-electron chi connectivity index (χ2n) is 3.75. The molecule has 0 aliphatic heterocycles. The third-order valence-corrected chi connectivity index (χ3v) is 2.19. The normalized spacial score (nSPS) is 12.6. The molecule has 0 spiro atoms. The van der Waals surface area contributed by atoms with Gasteiger partial charge in [-0.25, -0.2) is 4.39 Å². The second-order valence-corrected chi connectivity index (χ2v) is 3.75. The second kappa shape index (κ2) is 4.38. The van der Waals surface area contributed by atoms with Gasteiger partial charge in [0.05, 0.1) is 0 Å². The smallest absolute Gasteiger partial charge is 0.130 e. The summed E-state index contributed by atoms with van der Waals surface area (Å²) in [5.74, 6) is -0.193. The van der Waals surface area contributed by atoms with Gasteiger partial charge in [0.2, 0.25) is 0 Å². The number of halogens is 1. The molecular formula is C12H16FN. The van der Waals surface area contributed by atoms with E-state index in [9.17, 15) is 4.39 Å². The quantitative estimate of drug-likeness (QED) is 0.733. The maximum atomic E-state index is 13.6. The number of benzene rings is 1. The van der Waals surface area contributed by atoms with Crippen LogP contribution in [0.5, 0.6) is 0 Å². The van der Waals surface area contributed by atoms with Crippen LogP contribution in [-0.2, 0) is 0 Å². The highest BCUT2D eigenvalue weighted by atomic mass is 19.1. The van der Waals surface area contributed by atoms with Crippen molar-refractivity contribution < 1.29 is 4.39 Å². The van der Waals surface area contributed by atoms with Gasteiger partial charge in [-0.2, -0.15) is 0 Å². The minimum Gasteiger partial charge on any atom is -0.324 e. The van der Waals surface area contributed by atoms with E-state index in [1.807, 2.05) is 13.0 Å². The molecule has 0 bridgehead atoms. The van der Waals surface area contributed by atoms with E-state index in [-0.39, 0.29) is 11.9 Å². The molecule has 0 saturated carbocycles. The summed E-state index contributed by atoms with van der Waals surface area (Å²) in [5.41, 5.74) is 8.05. The molecule has 0 saturated heterocycles. The van der Waals surface area contributed by atoms with Crippen molar-refractivity contribution in [3.8, 4) is 0 Å². The minimum absolute atomic E-state index is 0.193. The molecule has 1 unspecified atom stereocenters. The van der Waals surface area contributed by atoms with Gasteiger partial charge in [0.25, 0.3) is 0 Å². The summed E-state index contributed by atoms with van der Waals surface area (Å²) in [4.78, 5) is 0. The molecule has 2 N–H and O–H groups in total. The topological polar surface area (TPSA) is 26.0 Å². The van der Waals surface area contributed by atoms with E-state index in [0.717, 1.165) is 5.57 Å². The molecule has 1 aromatic rings. The molecule has 14 heavy (non-hydrogen) atoms. The molecule has 0 fully saturated rings. The van der Waals surface area contributed by atoms with Crippen LogP contribution in [0, 0.1) is 12.7 Å². The fourth-order valence-electron chi connectivity index (χ4n) is 1.44. The lowest BCUT2D eigenvalue weighted by Crippen LogP contribution is -2.12. The minimum atomic E-state index is -0.285. The highest BCUT2D eigenvalue weighted by Gasteiger charge is 2.12. The first-order valence-electron chi connectivity index (χ1n) is 4.67. The molecule has 0 radical (unpaired) electrons. The molecule has 0 heterocycles. The first-order chi connectivity index (χ1) is 6.52. The monoisotopic (exact) mass is 193 g/mol. The SMILES string of the molecule is C=C(C)CC(N)c1cccc(C)c1F. The number of rotatable bonds is 3. The van der Waals surface area contributed by atoms with Gasteiger partial charge in [-0.1, -0.05) is 23.8 Å². The average molecular weight is 193 g/mol. The lowest BCUT2D eigenvalue weighted by molar-refractivity contribution is 0.572. The summed E-state index contributed by atoms with van der Waals surface area (Å²) in [7, 11) is 0. The van der Waals surface area contributed by atoms with Gasteiger partial charge in [0.1, 0.15) is 5.82 Å². The molecule has 1 aromatic carbocycles. The molecule has 1 rings (SSSR count). The van der Waals surface area contributed by atoms with Crippen LogP contribution < -0.4 is 5.73 Å². The summed E-state index contributed by atoms with van der Waals surface area (Å²) in [6.45, 7) is 7.41. The Hall–Kier alpha value is -1.15. The van der Waals surface area contributed by atoms with E-state index in [0.29, 0.717) is 17.5 Å². The van der Waals surface area contributed by atoms with Gasteiger partial charge in [0.15, 0.2) is 0 Å². The number of hydrogen-bond donors (Lipinski definition) is 1. The Morgan fingerprint density at radius 2 is 2.21 bits per heavy atom. The molecule has 1 atom stereocenters. The lowest BCUT2D eigenvalue weighted by Gasteiger charge is -2.13. The predicted octanol–water partition coefficient (Wildman–Crippen LogP) is 3.10. The first-order valence-corrected chi connectivity index (χ1v) is 4.67. The summed E-state index contributed by atoms with van der Waals surface area (Å²) in [5, 5.41) is 0. The largest absolute Gasteiger partial charge is 0.324 e. The standard InChI is InChI=1S/C12H16FN/c1-8(2)7-11(14)10-6-4-5-9(3)12(10)13/h4-6,11H,1,7,14H2,2-3H3. The maximum Gasteiger partial charge on any atom is 0.130 e. The molecule has 1 nitrogen and oxygen atoms in total. The van der Waals surface area contributed by atoms with Crippen LogP contribution in [-0.4, -0.2) is 0 Å².